The molecule has 0 saturated carbocycles. The monoisotopic (exact) mass is 478 g/mol. The van der Waals surface area contributed by atoms with Gasteiger partial charge in [-0.2, -0.15) is 8.78 Å². The maximum absolute atomic E-state index is 13.4. The van der Waals surface area contributed by atoms with E-state index in [4.69, 9.17) is 4.74 Å². The quantitative estimate of drug-likeness (QED) is 0.610. The van der Waals surface area contributed by atoms with Gasteiger partial charge in [0.05, 0.1) is 6.20 Å². The van der Waals surface area contributed by atoms with Gasteiger partial charge in [0, 0.05) is 24.6 Å². The number of carbonyl (C=O) groups is 4. The second kappa shape index (κ2) is 9.37. The van der Waals surface area contributed by atoms with Gasteiger partial charge in [0.15, 0.2) is 11.6 Å². The van der Waals surface area contributed by atoms with E-state index >= 15 is 0 Å². The van der Waals surface area contributed by atoms with Crippen LogP contribution in [0.2, 0.25) is 0 Å². The summed E-state index contributed by atoms with van der Waals surface area (Å²) in [5.41, 5.74) is 1.51. The van der Waals surface area contributed by atoms with Crippen LogP contribution in [0.1, 0.15) is 34.3 Å². The van der Waals surface area contributed by atoms with Crippen molar-refractivity contribution in [2.75, 3.05) is 5.32 Å². The predicted molar refractivity (Wildman–Crippen MR) is 107 cm³/mol. The molecule has 1 aromatic heterocycles. The molecular weight excluding hydrogens is 461 g/mol. The Morgan fingerprint density at radius 1 is 1.26 bits per heavy atom. The Labute approximate surface area is 190 Å². The number of ether oxygens (including phenoxy) is 2. The summed E-state index contributed by atoms with van der Waals surface area (Å²) in [6.45, 7) is -3.29. The summed E-state index contributed by atoms with van der Waals surface area (Å²) in [4.78, 5) is 53.3. The number of piperidine rings is 1. The number of pyridine rings is 1. The Bertz CT molecular complexity index is 1180. The number of anilines is 1. The molecule has 3 heterocycles. The average Bonchev–Trinajstić information content (AvgIpc) is 3.10. The topological polar surface area (TPSA) is 127 Å². The third-order valence-electron chi connectivity index (χ3n) is 5.23. The standard InChI is InChI=1S/C21H17F3N4O6/c22-13-7-25-16(6-15(13)34-20(23)24)26-21(32)33-9-10-1-2-11-8-28(19(31)12(11)5-10)14-3-4-17(29)27-18(14)30/h1-2,5-7,14,20H,3-4,8-9H2,(H,25,26,32)(H,27,29,30). The zero-order valence-electron chi connectivity index (χ0n) is 17.3. The first kappa shape index (κ1) is 23.0. The Morgan fingerprint density at radius 2 is 2.06 bits per heavy atom. The highest BCUT2D eigenvalue weighted by atomic mass is 19.3. The normalized spacial score (nSPS) is 17.5. The molecule has 13 heteroatoms. The summed E-state index contributed by atoms with van der Waals surface area (Å²) < 4.78 is 47.1. The van der Waals surface area contributed by atoms with Crippen LogP contribution in [0.4, 0.5) is 23.8 Å². The summed E-state index contributed by atoms with van der Waals surface area (Å²) >= 11 is 0. The first-order valence-corrected chi connectivity index (χ1v) is 10.0. The number of imide groups is 1. The molecule has 4 amide bonds. The van der Waals surface area contributed by atoms with Crippen molar-refractivity contribution in [1.29, 1.82) is 0 Å². The van der Waals surface area contributed by atoms with E-state index in [1.54, 1.807) is 12.1 Å². The lowest BCUT2D eigenvalue weighted by atomic mass is 10.0. The van der Waals surface area contributed by atoms with Crippen molar-refractivity contribution >= 4 is 29.6 Å². The highest BCUT2D eigenvalue weighted by Gasteiger charge is 2.39. The Balaban J connectivity index is 1.37. The molecule has 2 N–H and O–H groups in total. The van der Waals surface area contributed by atoms with Crippen LogP contribution in [0.25, 0.3) is 0 Å². The molecule has 0 spiro atoms. The number of aromatic nitrogens is 1. The highest BCUT2D eigenvalue weighted by Crippen LogP contribution is 2.28. The first-order chi connectivity index (χ1) is 16.2. The zero-order chi connectivity index (χ0) is 24.4. The van der Waals surface area contributed by atoms with Crippen molar-refractivity contribution in [3.63, 3.8) is 0 Å². The van der Waals surface area contributed by atoms with Gasteiger partial charge in [0.25, 0.3) is 5.91 Å². The molecule has 0 bridgehead atoms. The van der Waals surface area contributed by atoms with E-state index in [9.17, 15) is 32.3 Å². The number of nitrogens with one attached hydrogen (secondary N) is 2. The minimum absolute atomic E-state index is 0.142. The summed E-state index contributed by atoms with van der Waals surface area (Å²) in [6.07, 6.45) is -0.0156. The number of halogens is 3. The smallest absolute Gasteiger partial charge is 0.413 e. The molecule has 4 rings (SSSR count). The summed E-state index contributed by atoms with van der Waals surface area (Å²) in [5, 5.41) is 4.39. The molecule has 2 aliphatic rings. The summed E-state index contributed by atoms with van der Waals surface area (Å²) in [6, 6.07) is 4.87. The van der Waals surface area contributed by atoms with Crippen LogP contribution in [0.15, 0.2) is 30.5 Å². The molecule has 0 radical (unpaired) electrons. The van der Waals surface area contributed by atoms with Crippen LogP contribution < -0.4 is 15.4 Å². The Kier molecular flexibility index (Phi) is 6.34. The second-order valence-electron chi connectivity index (χ2n) is 7.47. The van der Waals surface area contributed by atoms with Gasteiger partial charge in [-0.05, 0) is 23.6 Å². The first-order valence-electron chi connectivity index (χ1n) is 10.0. The number of fused-ring (bicyclic) bond motifs is 1. The molecule has 1 aromatic carbocycles. The van der Waals surface area contributed by atoms with E-state index in [0.29, 0.717) is 22.9 Å². The predicted octanol–water partition coefficient (Wildman–Crippen LogP) is 2.33. The fourth-order valence-corrected chi connectivity index (χ4v) is 3.66. The van der Waals surface area contributed by atoms with Crippen LogP contribution in [0, 0.1) is 5.82 Å². The van der Waals surface area contributed by atoms with E-state index in [1.165, 1.54) is 11.0 Å². The minimum atomic E-state index is -3.26. The van der Waals surface area contributed by atoms with Gasteiger partial charge in [-0.3, -0.25) is 25.0 Å². The van der Waals surface area contributed by atoms with Gasteiger partial charge < -0.3 is 14.4 Å². The lowest BCUT2D eigenvalue weighted by Crippen LogP contribution is -2.52. The van der Waals surface area contributed by atoms with Gasteiger partial charge in [-0.25, -0.2) is 14.2 Å². The third-order valence-corrected chi connectivity index (χ3v) is 5.23. The summed E-state index contributed by atoms with van der Waals surface area (Å²) in [5.74, 6) is -3.47. The molecule has 1 atom stereocenters. The van der Waals surface area contributed by atoms with Gasteiger partial charge in [0.1, 0.15) is 18.5 Å². The largest absolute Gasteiger partial charge is 0.444 e. The molecule has 2 aliphatic heterocycles. The number of alkyl halides is 2. The van der Waals surface area contributed by atoms with Crippen molar-refractivity contribution < 1.29 is 41.8 Å². The lowest BCUT2D eigenvalue weighted by Gasteiger charge is -2.29. The van der Waals surface area contributed by atoms with E-state index < -0.39 is 36.2 Å². The fourth-order valence-electron chi connectivity index (χ4n) is 3.66. The number of carbonyl (C=O) groups excluding carboxylic acids is 4. The van der Waals surface area contributed by atoms with E-state index in [2.05, 4.69) is 20.4 Å². The van der Waals surface area contributed by atoms with Gasteiger partial charge in [-0.15, -0.1) is 0 Å². The maximum atomic E-state index is 13.4. The fraction of sp³-hybridized carbons (Fsp3) is 0.286. The van der Waals surface area contributed by atoms with Crippen LogP contribution in [0.5, 0.6) is 5.75 Å². The molecule has 10 nitrogen and oxygen atoms in total. The van der Waals surface area contributed by atoms with Crippen LogP contribution in [0.3, 0.4) is 0 Å². The average molecular weight is 478 g/mol. The van der Waals surface area contributed by atoms with Gasteiger partial charge >= 0.3 is 12.7 Å². The van der Waals surface area contributed by atoms with Crippen molar-refractivity contribution in [2.24, 2.45) is 0 Å². The molecule has 2 aromatic rings. The lowest BCUT2D eigenvalue weighted by molar-refractivity contribution is -0.136. The van der Waals surface area contributed by atoms with Crippen LogP contribution >= 0.6 is 0 Å². The number of amides is 4. The van der Waals surface area contributed by atoms with E-state index in [0.717, 1.165) is 6.07 Å². The van der Waals surface area contributed by atoms with Gasteiger partial charge in [-0.1, -0.05) is 12.1 Å². The molecule has 1 unspecified atom stereocenters. The molecule has 1 fully saturated rings. The summed E-state index contributed by atoms with van der Waals surface area (Å²) in [7, 11) is 0. The minimum Gasteiger partial charge on any atom is -0.444 e. The van der Waals surface area contributed by atoms with E-state index in [1.807, 2.05) is 0 Å². The van der Waals surface area contributed by atoms with Crippen LogP contribution in [-0.2, 0) is 27.5 Å². The van der Waals surface area contributed by atoms with Crippen LogP contribution in [-0.4, -0.2) is 46.4 Å². The van der Waals surface area contributed by atoms with Crippen molar-refractivity contribution in [2.45, 2.75) is 38.6 Å². The van der Waals surface area contributed by atoms with Crippen molar-refractivity contribution in [3.05, 3.63) is 53.0 Å². The number of nitrogens with zero attached hydrogens (tertiary/aromatic N) is 2. The number of hydrogen-bond acceptors (Lipinski definition) is 7. The highest BCUT2D eigenvalue weighted by molar-refractivity contribution is 6.05. The van der Waals surface area contributed by atoms with Crippen molar-refractivity contribution in [3.8, 4) is 5.75 Å². The number of benzene rings is 1. The third kappa shape index (κ3) is 4.92. The molecular formula is C21H17F3N4O6. The zero-order valence-corrected chi connectivity index (χ0v) is 17.3. The Hall–Kier alpha value is -4.16. The van der Waals surface area contributed by atoms with Gasteiger partial charge in [0.2, 0.25) is 11.8 Å². The molecule has 1 saturated heterocycles. The Morgan fingerprint density at radius 3 is 2.79 bits per heavy atom. The molecule has 0 aliphatic carbocycles. The number of hydrogen-bond donors (Lipinski definition) is 2. The maximum Gasteiger partial charge on any atom is 0.413 e. The van der Waals surface area contributed by atoms with Crippen molar-refractivity contribution in [1.82, 2.24) is 15.2 Å². The molecule has 34 heavy (non-hydrogen) atoms. The van der Waals surface area contributed by atoms with E-state index in [-0.39, 0.29) is 43.6 Å². The second-order valence-corrected chi connectivity index (χ2v) is 7.47. The number of rotatable bonds is 6. The molecule has 178 valence electrons. The SMILES string of the molecule is O=C1CCC(N2Cc3ccc(COC(=O)Nc4cc(OC(F)F)c(F)cn4)cc3C2=O)C(=O)N1.